The highest BCUT2D eigenvalue weighted by molar-refractivity contribution is 7.99. The van der Waals surface area contributed by atoms with E-state index in [1.807, 2.05) is 11.8 Å². The Bertz CT molecular complexity index is 408. The summed E-state index contributed by atoms with van der Waals surface area (Å²) in [6.45, 7) is 1.15. The molecular weight excluding hydrogens is 251 g/mol. The summed E-state index contributed by atoms with van der Waals surface area (Å²) in [6.07, 6.45) is 1.23. The minimum atomic E-state index is -0.344. The Balaban J connectivity index is 1.68. The molecular formula is C13H17FN2OS. The summed E-state index contributed by atoms with van der Waals surface area (Å²) in [7, 11) is 0. The largest absolute Gasteiger partial charge is 0.325 e. The quantitative estimate of drug-likeness (QED) is 0.859. The van der Waals surface area contributed by atoms with E-state index >= 15 is 0 Å². The van der Waals surface area contributed by atoms with E-state index in [0.717, 1.165) is 6.54 Å². The van der Waals surface area contributed by atoms with Crippen LogP contribution in [0.4, 0.5) is 10.1 Å². The highest BCUT2D eigenvalue weighted by atomic mass is 32.2. The second kappa shape index (κ2) is 6.75. The number of carbonyl (C=O) groups is 1. The van der Waals surface area contributed by atoms with Crippen LogP contribution < -0.4 is 10.6 Å². The van der Waals surface area contributed by atoms with Crippen molar-refractivity contribution in [2.24, 2.45) is 5.92 Å². The van der Waals surface area contributed by atoms with Gasteiger partial charge < -0.3 is 10.6 Å². The van der Waals surface area contributed by atoms with Crippen molar-refractivity contribution in [2.75, 3.05) is 29.9 Å². The van der Waals surface area contributed by atoms with Crippen LogP contribution in [0.1, 0.15) is 6.42 Å². The van der Waals surface area contributed by atoms with Crippen molar-refractivity contribution in [3.8, 4) is 0 Å². The molecule has 0 aromatic heterocycles. The van der Waals surface area contributed by atoms with Crippen molar-refractivity contribution in [3.05, 3.63) is 30.1 Å². The molecule has 1 saturated heterocycles. The molecule has 0 saturated carbocycles. The number of anilines is 1. The van der Waals surface area contributed by atoms with Crippen molar-refractivity contribution < 1.29 is 9.18 Å². The highest BCUT2D eigenvalue weighted by Gasteiger charge is 2.15. The van der Waals surface area contributed by atoms with Crippen LogP contribution in [-0.4, -0.2) is 30.5 Å². The van der Waals surface area contributed by atoms with Gasteiger partial charge in [0, 0.05) is 5.69 Å². The van der Waals surface area contributed by atoms with E-state index in [0.29, 0.717) is 11.6 Å². The summed E-state index contributed by atoms with van der Waals surface area (Å²) in [5.74, 6) is 2.60. The van der Waals surface area contributed by atoms with E-state index in [4.69, 9.17) is 0 Å². The van der Waals surface area contributed by atoms with Crippen LogP contribution in [0.5, 0.6) is 0 Å². The van der Waals surface area contributed by atoms with Crippen LogP contribution in [0.25, 0.3) is 0 Å². The van der Waals surface area contributed by atoms with Gasteiger partial charge in [-0.1, -0.05) is 6.07 Å². The smallest absolute Gasteiger partial charge is 0.238 e. The molecule has 1 fully saturated rings. The molecule has 0 spiro atoms. The molecule has 3 nitrogen and oxygen atoms in total. The van der Waals surface area contributed by atoms with Gasteiger partial charge in [-0.15, -0.1) is 0 Å². The predicted octanol–water partition coefficient (Wildman–Crippen LogP) is 2.11. The Hall–Kier alpha value is -1.07. The summed E-state index contributed by atoms with van der Waals surface area (Å²) >= 11 is 1.96. The molecule has 1 aromatic rings. The van der Waals surface area contributed by atoms with Crippen molar-refractivity contribution in [1.82, 2.24) is 5.32 Å². The summed E-state index contributed by atoms with van der Waals surface area (Å²) in [6, 6.07) is 5.92. The molecule has 2 rings (SSSR count). The predicted molar refractivity (Wildman–Crippen MR) is 73.3 cm³/mol. The average molecular weight is 268 g/mol. The first-order chi connectivity index (χ1) is 8.74. The number of rotatable bonds is 5. The molecule has 0 bridgehead atoms. The molecule has 0 radical (unpaired) electrons. The van der Waals surface area contributed by atoms with E-state index < -0.39 is 0 Å². The van der Waals surface area contributed by atoms with E-state index in [-0.39, 0.29) is 18.3 Å². The van der Waals surface area contributed by atoms with Gasteiger partial charge in [-0.05, 0) is 48.6 Å². The van der Waals surface area contributed by atoms with Crippen LogP contribution in [0.2, 0.25) is 0 Å². The van der Waals surface area contributed by atoms with Gasteiger partial charge in [0.1, 0.15) is 5.82 Å². The van der Waals surface area contributed by atoms with Gasteiger partial charge in [0.15, 0.2) is 0 Å². The zero-order valence-electron chi connectivity index (χ0n) is 10.1. The number of nitrogens with one attached hydrogen (secondary N) is 2. The van der Waals surface area contributed by atoms with Gasteiger partial charge in [0.2, 0.25) is 5.91 Å². The molecule has 98 valence electrons. The Kier molecular flexibility index (Phi) is 5.01. The SMILES string of the molecule is O=C(CNC[C@H]1CCSC1)Nc1cccc(F)c1. The molecule has 1 aromatic carbocycles. The summed E-state index contributed by atoms with van der Waals surface area (Å²) in [5, 5.41) is 5.80. The van der Waals surface area contributed by atoms with Crippen LogP contribution in [0.3, 0.4) is 0 Å². The first kappa shape index (κ1) is 13.4. The highest BCUT2D eigenvalue weighted by Crippen LogP contribution is 2.22. The van der Waals surface area contributed by atoms with Gasteiger partial charge in [0.25, 0.3) is 0 Å². The Morgan fingerprint density at radius 1 is 1.50 bits per heavy atom. The van der Waals surface area contributed by atoms with E-state index in [1.54, 1.807) is 12.1 Å². The lowest BCUT2D eigenvalue weighted by atomic mass is 10.1. The molecule has 0 aliphatic carbocycles. The number of hydrogen-bond acceptors (Lipinski definition) is 3. The molecule has 5 heteroatoms. The van der Waals surface area contributed by atoms with Crippen molar-refractivity contribution in [2.45, 2.75) is 6.42 Å². The summed E-state index contributed by atoms with van der Waals surface area (Å²) in [4.78, 5) is 11.6. The van der Waals surface area contributed by atoms with Gasteiger partial charge >= 0.3 is 0 Å². The minimum Gasteiger partial charge on any atom is -0.325 e. The molecule has 1 atom stereocenters. The van der Waals surface area contributed by atoms with Crippen molar-refractivity contribution in [3.63, 3.8) is 0 Å². The molecule has 1 amide bonds. The van der Waals surface area contributed by atoms with Gasteiger partial charge in [-0.2, -0.15) is 11.8 Å². The minimum absolute atomic E-state index is 0.133. The lowest BCUT2D eigenvalue weighted by molar-refractivity contribution is -0.115. The summed E-state index contributed by atoms with van der Waals surface area (Å²) < 4.78 is 12.9. The number of hydrogen-bond donors (Lipinski definition) is 2. The third-order valence-electron chi connectivity index (χ3n) is 2.85. The van der Waals surface area contributed by atoms with Crippen LogP contribution >= 0.6 is 11.8 Å². The number of amides is 1. The topological polar surface area (TPSA) is 41.1 Å². The van der Waals surface area contributed by atoms with E-state index in [9.17, 15) is 9.18 Å². The third kappa shape index (κ3) is 4.31. The number of benzene rings is 1. The number of carbonyl (C=O) groups excluding carboxylic acids is 1. The number of thioether (sulfide) groups is 1. The lowest BCUT2D eigenvalue weighted by Gasteiger charge is -2.10. The fourth-order valence-corrected chi connectivity index (χ4v) is 3.19. The van der Waals surface area contributed by atoms with Crippen molar-refractivity contribution in [1.29, 1.82) is 0 Å². The maximum absolute atomic E-state index is 12.9. The molecule has 2 N–H and O–H groups in total. The monoisotopic (exact) mass is 268 g/mol. The maximum Gasteiger partial charge on any atom is 0.238 e. The zero-order chi connectivity index (χ0) is 12.8. The Morgan fingerprint density at radius 2 is 2.39 bits per heavy atom. The Morgan fingerprint density at radius 3 is 3.11 bits per heavy atom. The van der Waals surface area contributed by atoms with Crippen LogP contribution in [0.15, 0.2) is 24.3 Å². The second-order valence-corrected chi connectivity index (χ2v) is 5.57. The van der Waals surface area contributed by atoms with E-state index in [1.165, 1.54) is 30.1 Å². The number of halogens is 1. The van der Waals surface area contributed by atoms with Crippen molar-refractivity contribution >= 4 is 23.4 Å². The molecule has 1 aliphatic rings. The van der Waals surface area contributed by atoms with Gasteiger partial charge in [0.05, 0.1) is 6.54 Å². The molecule has 0 unspecified atom stereocenters. The third-order valence-corrected chi connectivity index (χ3v) is 4.08. The van der Waals surface area contributed by atoms with Crippen LogP contribution in [-0.2, 0) is 4.79 Å². The summed E-state index contributed by atoms with van der Waals surface area (Å²) in [5.41, 5.74) is 0.498. The average Bonchev–Trinajstić information content (AvgIpc) is 2.82. The second-order valence-electron chi connectivity index (χ2n) is 4.42. The first-order valence-corrected chi connectivity index (χ1v) is 7.23. The van der Waals surface area contributed by atoms with Gasteiger partial charge in [-0.3, -0.25) is 4.79 Å². The first-order valence-electron chi connectivity index (χ1n) is 6.08. The fourth-order valence-electron chi connectivity index (χ4n) is 1.91. The molecule has 1 heterocycles. The normalized spacial score (nSPS) is 18.8. The van der Waals surface area contributed by atoms with Gasteiger partial charge in [-0.25, -0.2) is 4.39 Å². The molecule has 1 aliphatic heterocycles. The standard InChI is InChI=1S/C13H17FN2OS/c14-11-2-1-3-12(6-11)16-13(17)8-15-7-10-4-5-18-9-10/h1-3,6,10,15H,4-5,7-9H2,(H,16,17)/t10-/m1/s1. The van der Waals surface area contributed by atoms with Crippen LogP contribution in [0, 0.1) is 11.7 Å². The molecule has 18 heavy (non-hydrogen) atoms. The maximum atomic E-state index is 12.9. The zero-order valence-corrected chi connectivity index (χ0v) is 10.9. The lowest BCUT2D eigenvalue weighted by Crippen LogP contribution is -2.31. The fraction of sp³-hybridized carbons (Fsp3) is 0.462. The Labute approximate surface area is 111 Å². The van der Waals surface area contributed by atoms with E-state index in [2.05, 4.69) is 10.6 Å².